The lowest BCUT2D eigenvalue weighted by atomic mass is 9.91. The van der Waals surface area contributed by atoms with Gasteiger partial charge in [-0.25, -0.2) is 9.78 Å². The number of aromatic nitrogens is 1. The van der Waals surface area contributed by atoms with Gasteiger partial charge in [0, 0.05) is 35.2 Å². The number of nitrogens with one attached hydrogen (secondary N) is 1. The highest BCUT2D eigenvalue weighted by Crippen LogP contribution is 2.31. The highest BCUT2D eigenvalue weighted by Gasteiger charge is 2.37. The predicted molar refractivity (Wildman–Crippen MR) is 165 cm³/mol. The molecule has 4 unspecified atom stereocenters. The third-order valence-electron chi connectivity index (χ3n) is 6.99. The van der Waals surface area contributed by atoms with Crippen LogP contribution in [0.2, 0.25) is 10.0 Å². The molecule has 1 aliphatic rings. The number of carbonyl (C=O) groups is 3. The number of methoxy groups -OCH3 is 1. The van der Waals surface area contributed by atoms with Gasteiger partial charge in [-0.15, -0.1) is 0 Å². The molecule has 11 nitrogen and oxygen atoms in total. The summed E-state index contributed by atoms with van der Waals surface area (Å²) in [5.41, 5.74) is 1.69. The number of amides is 1. The average Bonchev–Trinajstić information content (AvgIpc) is 3.04. The molecule has 13 heteroatoms. The number of hydrogen-bond donors (Lipinski definition) is 1. The number of esters is 2. The van der Waals surface area contributed by atoms with Gasteiger partial charge in [-0.05, 0) is 50.1 Å². The quantitative estimate of drug-likeness (QED) is 0.235. The van der Waals surface area contributed by atoms with Crippen LogP contribution in [-0.4, -0.2) is 68.2 Å². The normalized spacial score (nSPS) is 20.1. The number of ether oxygens (including phenoxy) is 6. The van der Waals surface area contributed by atoms with Crippen molar-refractivity contribution in [3.8, 4) is 17.2 Å². The van der Waals surface area contributed by atoms with Gasteiger partial charge < -0.3 is 33.7 Å². The fourth-order valence-electron chi connectivity index (χ4n) is 4.72. The molecule has 3 aromatic rings. The smallest absolute Gasteiger partial charge is 0.331 e. The first-order chi connectivity index (χ1) is 21.5. The summed E-state index contributed by atoms with van der Waals surface area (Å²) in [5, 5.41) is 3.62. The van der Waals surface area contributed by atoms with Crippen molar-refractivity contribution in [1.29, 1.82) is 0 Å². The van der Waals surface area contributed by atoms with E-state index < -0.39 is 42.9 Å². The van der Waals surface area contributed by atoms with E-state index in [0.29, 0.717) is 22.2 Å². The number of benzene rings is 2. The molecule has 1 aliphatic heterocycles. The summed E-state index contributed by atoms with van der Waals surface area (Å²) in [6.07, 6.45) is 0.376. The molecule has 2 aromatic carbocycles. The SMILES string of the molecule is COc1ccnc(C(=O)NC2COCC(Cc3ccc(Cl)cc3Cl)C(Oc3ccc(C)cc3)C(C)OC2=O)c1OCOC(C)=O. The van der Waals surface area contributed by atoms with Gasteiger partial charge in [-0.2, -0.15) is 0 Å². The van der Waals surface area contributed by atoms with E-state index in [0.717, 1.165) is 11.1 Å². The molecule has 4 rings (SSSR count). The number of pyridine rings is 1. The zero-order chi connectivity index (χ0) is 32.5. The molecular weight excluding hydrogens is 627 g/mol. The Hall–Kier alpha value is -4.06. The molecule has 0 spiro atoms. The molecule has 1 saturated heterocycles. The van der Waals surface area contributed by atoms with E-state index >= 15 is 0 Å². The Labute approximate surface area is 271 Å². The number of aryl methyl sites for hydroxylation is 1. The van der Waals surface area contributed by atoms with E-state index in [9.17, 15) is 14.4 Å². The monoisotopic (exact) mass is 660 g/mol. The molecule has 240 valence electrons. The molecule has 1 fully saturated rings. The molecule has 0 aliphatic carbocycles. The number of hydrogen-bond acceptors (Lipinski definition) is 10. The molecule has 4 atom stereocenters. The van der Waals surface area contributed by atoms with E-state index in [1.54, 1.807) is 19.1 Å². The summed E-state index contributed by atoms with van der Waals surface area (Å²) in [7, 11) is 1.38. The van der Waals surface area contributed by atoms with Crippen molar-refractivity contribution in [2.24, 2.45) is 5.92 Å². The summed E-state index contributed by atoms with van der Waals surface area (Å²) in [4.78, 5) is 42.1. The minimum Gasteiger partial charge on any atom is -0.493 e. The summed E-state index contributed by atoms with van der Waals surface area (Å²) >= 11 is 12.6. The van der Waals surface area contributed by atoms with E-state index in [1.165, 1.54) is 26.3 Å². The number of carbonyl (C=O) groups excluding carboxylic acids is 3. The van der Waals surface area contributed by atoms with Crippen LogP contribution >= 0.6 is 23.2 Å². The van der Waals surface area contributed by atoms with Crippen LogP contribution in [0.4, 0.5) is 0 Å². The van der Waals surface area contributed by atoms with Crippen LogP contribution < -0.4 is 19.5 Å². The molecule has 1 amide bonds. The molecule has 0 saturated carbocycles. The Balaban J connectivity index is 1.57. The van der Waals surface area contributed by atoms with Gasteiger partial charge in [0.2, 0.25) is 6.79 Å². The second kappa shape index (κ2) is 15.8. The fourth-order valence-corrected chi connectivity index (χ4v) is 5.20. The van der Waals surface area contributed by atoms with Crippen LogP contribution in [0.25, 0.3) is 0 Å². The van der Waals surface area contributed by atoms with Crippen molar-refractivity contribution in [1.82, 2.24) is 10.3 Å². The van der Waals surface area contributed by atoms with Gasteiger partial charge in [-0.3, -0.25) is 9.59 Å². The molecule has 2 heterocycles. The van der Waals surface area contributed by atoms with Crippen molar-refractivity contribution in [3.05, 3.63) is 81.6 Å². The molecule has 1 N–H and O–H groups in total. The van der Waals surface area contributed by atoms with Gasteiger partial charge >= 0.3 is 11.9 Å². The molecule has 1 aromatic heterocycles. The lowest BCUT2D eigenvalue weighted by molar-refractivity contribution is -0.156. The van der Waals surface area contributed by atoms with Crippen molar-refractivity contribution in [2.45, 2.75) is 45.4 Å². The maximum absolute atomic E-state index is 13.4. The van der Waals surface area contributed by atoms with Crippen LogP contribution in [0.15, 0.2) is 54.7 Å². The Morgan fingerprint density at radius 2 is 1.84 bits per heavy atom. The van der Waals surface area contributed by atoms with Gasteiger partial charge in [0.25, 0.3) is 5.91 Å². The Kier molecular flexibility index (Phi) is 11.9. The second-order valence-corrected chi connectivity index (χ2v) is 11.2. The minimum absolute atomic E-state index is 0.0732. The molecule has 0 radical (unpaired) electrons. The Bertz CT molecular complexity index is 1500. The van der Waals surface area contributed by atoms with Crippen molar-refractivity contribution in [3.63, 3.8) is 0 Å². The van der Waals surface area contributed by atoms with Crippen LogP contribution in [0.1, 0.15) is 35.5 Å². The van der Waals surface area contributed by atoms with E-state index in [4.69, 9.17) is 51.6 Å². The average molecular weight is 662 g/mol. The first kappa shape index (κ1) is 33.8. The number of cyclic esters (lactones) is 1. The standard InChI is InChI=1S/C32H34Cl2N2O9/c1-18-5-9-24(10-6-18)45-29-19(2)44-32(39)26(16-41-15-22(29)13-21-7-8-23(33)14-25(21)34)36-31(38)28-30(43-17-42-20(3)37)27(40-4)11-12-35-28/h5-12,14,19,22,26,29H,13,15-17H2,1-4H3,(H,36,38). The summed E-state index contributed by atoms with van der Waals surface area (Å²) in [6.45, 7) is 4.38. The number of halogens is 2. The van der Waals surface area contributed by atoms with Crippen molar-refractivity contribution in [2.75, 3.05) is 27.1 Å². The van der Waals surface area contributed by atoms with Gasteiger partial charge in [0.1, 0.15) is 18.0 Å². The maximum atomic E-state index is 13.4. The van der Waals surface area contributed by atoms with Gasteiger partial charge in [0.05, 0.1) is 20.3 Å². The predicted octanol–water partition coefficient (Wildman–Crippen LogP) is 4.97. The molecule has 0 bridgehead atoms. The highest BCUT2D eigenvalue weighted by molar-refractivity contribution is 6.35. The van der Waals surface area contributed by atoms with Crippen LogP contribution in [0, 0.1) is 12.8 Å². The maximum Gasteiger partial charge on any atom is 0.331 e. The zero-order valence-corrected chi connectivity index (χ0v) is 26.7. The summed E-state index contributed by atoms with van der Waals surface area (Å²) < 4.78 is 33.9. The summed E-state index contributed by atoms with van der Waals surface area (Å²) in [6, 6.07) is 13.0. The third kappa shape index (κ3) is 9.23. The third-order valence-corrected chi connectivity index (χ3v) is 7.58. The first-order valence-corrected chi connectivity index (χ1v) is 14.9. The zero-order valence-electron chi connectivity index (χ0n) is 25.2. The topological polar surface area (TPSA) is 132 Å². The van der Waals surface area contributed by atoms with E-state index in [2.05, 4.69) is 10.3 Å². The van der Waals surface area contributed by atoms with Crippen molar-refractivity contribution < 1.29 is 42.8 Å². The fraction of sp³-hybridized carbons (Fsp3) is 0.375. The molecule has 45 heavy (non-hydrogen) atoms. The Morgan fingerprint density at radius 3 is 2.53 bits per heavy atom. The Morgan fingerprint density at radius 1 is 1.09 bits per heavy atom. The minimum atomic E-state index is -1.20. The van der Waals surface area contributed by atoms with Crippen LogP contribution in [0.3, 0.4) is 0 Å². The van der Waals surface area contributed by atoms with Crippen molar-refractivity contribution >= 4 is 41.0 Å². The highest BCUT2D eigenvalue weighted by atomic mass is 35.5. The lowest BCUT2D eigenvalue weighted by Crippen LogP contribution is -2.47. The van der Waals surface area contributed by atoms with Crippen LogP contribution in [-0.2, 0) is 30.2 Å². The van der Waals surface area contributed by atoms with Gasteiger partial charge in [-0.1, -0.05) is 47.0 Å². The number of rotatable bonds is 10. The van der Waals surface area contributed by atoms with Crippen LogP contribution in [0.5, 0.6) is 17.2 Å². The van der Waals surface area contributed by atoms with E-state index in [-0.39, 0.29) is 36.3 Å². The van der Waals surface area contributed by atoms with E-state index in [1.807, 2.05) is 37.3 Å². The van der Waals surface area contributed by atoms with Gasteiger partial charge in [0.15, 0.2) is 23.2 Å². The molecular formula is C32H34Cl2N2O9. The summed E-state index contributed by atoms with van der Waals surface area (Å²) in [5.74, 6) is -1.70. The second-order valence-electron chi connectivity index (χ2n) is 10.4. The number of nitrogens with zero attached hydrogens (tertiary/aromatic N) is 1. The first-order valence-electron chi connectivity index (χ1n) is 14.1. The largest absolute Gasteiger partial charge is 0.493 e. The lowest BCUT2D eigenvalue weighted by Gasteiger charge is -2.31.